The van der Waals surface area contributed by atoms with E-state index in [0.717, 1.165) is 37.6 Å². The number of nitrogens with one attached hydrogen (secondary N) is 1. The molecule has 0 saturated carbocycles. The monoisotopic (exact) mass is 492 g/mol. The van der Waals surface area contributed by atoms with Gasteiger partial charge in [-0.3, -0.25) is 9.59 Å². The van der Waals surface area contributed by atoms with Crippen LogP contribution in [0.25, 0.3) is 26.9 Å². The van der Waals surface area contributed by atoms with Crippen LogP contribution in [0.4, 0.5) is 5.69 Å². The average molecular weight is 493 g/mol. The molecule has 0 aliphatic carbocycles. The second-order valence-corrected chi connectivity index (χ2v) is 9.62. The molecule has 36 heavy (non-hydrogen) atoms. The number of allylic oxidation sites excluding steroid dienone is 1. The van der Waals surface area contributed by atoms with Crippen LogP contribution in [0.3, 0.4) is 0 Å². The highest BCUT2D eigenvalue weighted by molar-refractivity contribution is 7.21. The van der Waals surface area contributed by atoms with Crippen LogP contribution in [0.5, 0.6) is 0 Å². The molecule has 0 spiro atoms. The Bertz CT molecular complexity index is 1580. The third-order valence-electron chi connectivity index (χ3n) is 5.77. The molecule has 7 heteroatoms. The number of hydrogen-bond acceptors (Lipinski definition) is 5. The third kappa shape index (κ3) is 5.31. The van der Waals surface area contributed by atoms with E-state index in [9.17, 15) is 9.59 Å². The van der Waals surface area contributed by atoms with Crippen LogP contribution in [0.1, 0.15) is 27.3 Å². The first kappa shape index (κ1) is 23.4. The molecule has 0 atom stereocenters. The lowest BCUT2D eigenvalue weighted by molar-refractivity contribution is -0.115. The van der Waals surface area contributed by atoms with E-state index >= 15 is 0 Å². The van der Waals surface area contributed by atoms with E-state index in [1.165, 1.54) is 11.6 Å². The molecule has 0 radical (unpaired) electrons. The maximum atomic E-state index is 12.6. The number of ketones is 1. The summed E-state index contributed by atoms with van der Waals surface area (Å²) in [6.45, 7) is 2.06. The van der Waals surface area contributed by atoms with Crippen molar-refractivity contribution in [2.24, 2.45) is 7.05 Å². The summed E-state index contributed by atoms with van der Waals surface area (Å²) < 4.78 is 2.85. The average Bonchev–Trinajstić information content (AvgIpc) is 3.49. The number of imidazole rings is 1. The van der Waals surface area contributed by atoms with Crippen LogP contribution >= 0.6 is 11.3 Å². The van der Waals surface area contributed by atoms with Gasteiger partial charge in [-0.25, -0.2) is 9.97 Å². The van der Waals surface area contributed by atoms with Crippen LogP contribution < -0.4 is 5.32 Å². The minimum atomic E-state index is -0.157. The molecule has 0 bridgehead atoms. The molecule has 178 valence electrons. The van der Waals surface area contributed by atoms with Crippen molar-refractivity contribution < 1.29 is 9.59 Å². The van der Waals surface area contributed by atoms with Crippen LogP contribution in [0.2, 0.25) is 0 Å². The number of carbonyl (C=O) groups excluding carboxylic acids is 2. The van der Waals surface area contributed by atoms with Gasteiger partial charge in [-0.1, -0.05) is 36.4 Å². The number of thiazole rings is 1. The fraction of sp³-hybridized carbons (Fsp3) is 0.103. The van der Waals surface area contributed by atoms with Gasteiger partial charge in [0.1, 0.15) is 5.01 Å². The lowest BCUT2D eigenvalue weighted by Crippen LogP contribution is -2.14. The van der Waals surface area contributed by atoms with Crippen molar-refractivity contribution in [3.05, 3.63) is 108 Å². The molecule has 5 aromatic rings. The molecule has 0 unspecified atom stereocenters. The predicted octanol–water partition coefficient (Wildman–Crippen LogP) is 6.08. The van der Waals surface area contributed by atoms with E-state index in [1.807, 2.05) is 48.5 Å². The molecule has 6 nitrogen and oxygen atoms in total. The number of carbonyl (C=O) groups is 2. The van der Waals surface area contributed by atoms with E-state index in [0.29, 0.717) is 5.82 Å². The predicted molar refractivity (Wildman–Crippen MR) is 145 cm³/mol. The fourth-order valence-electron chi connectivity index (χ4n) is 3.84. The van der Waals surface area contributed by atoms with E-state index < -0.39 is 0 Å². The van der Waals surface area contributed by atoms with Gasteiger partial charge in [0.05, 0.1) is 16.6 Å². The highest BCUT2D eigenvalue weighted by atomic mass is 32.1. The third-order valence-corrected chi connectivity index (χ3v) is 6.86. The van der Waals surface area contributed by atoms with E-state index in [4.69, 9.17) is 4.98 Å². The standard InChI is InChI=1S/C29H24N4O2S/c1-19-3-14-26-24(17-19)32-29(36-26)22-9-11-23(12-10-22)31-27(35)18-21-6-4-20(5-7-21)8-13-25(34)28-30-15-16-33(28)2/h3-17H,18H2,1-2H3,(H,31,35)/b13-8+. The zero-order valence-electron chi connectivity index (χ0n) is 19.9. The number of rotatable bonds is 7. The molecule has 5 rings (SSSR count). The van der Waals surface area contributed by atoms with Gasteiger partial charge in [-0.15, -0.1) is 11.3 Å². The number of nitrogens with zero attached hydrogens (tertiary/aromatic N) is 3. The molecule has 1 N–H and O–H groups in total. The van der Waals surface area contributed by atoms with Crippen LogP contribution in [0.15, 0.2) is 85.2 Å². The molecule has 3 aromatic carbocycles. The molecular weight excluding hydrogens is 468 g/mol. The first-order valence-electron chi connectivity index (χ1n) is 11.5. The van der Waals surface area contributed by atoms with Gasteiger partial charge in [0.25, 0.3) is 0 Å². The molecule has 2 aromatic heterocycles. The zero-order chi connectivity index (χ0) is 25.1. The second kappa shape index (κ2) is 10.1. The Morgan fingerprint density at radius 1 is 1.03 bits per heavy atom. The largest absolute Gasteiger partial charge is 0.331 e. The van der Waals surface area contributed by atoms with Gasteiger partial charge in [-0.2, -0.15) is 0 Å². The summed E-state index contributed by atoms with van der Waals surface area (Å²) in [6, 6.07) is 21.6. The Hall–Kier alpha value is -4.36. The van der Waals surface area contributed by atoms with Crippen molar-refractivity contribution in [3.63, 3.8) is 0 Å². The van der Waals surface area contributed by atoms with E-state index in [2.05, 4.69) is 35.4 Å². The molecular formula is C29H24N4O2S. The van der Waals surface area contributed by atoms with Gasteiger partial charge >= 0.3 is 0 Å². The van der Waals surface area contributed by atoms with Crippen molar-refractivity contribution in [2.75, 3.05) is 5.32 Å². The van der Waals surface area contributed by atoms with E-state index in [-0.39, 0.29) is 18.1 Å². The highest BCUT2D eigenvalue weighted by Gasteiger charge is 2.09. The van der Waals surface area contributed by atoms with Gasteiger partial charge in [0.15, 0.2) is 5.82 Å². The summed E-state index contributed by atoms with van der Waals surface area (Å²) >= 11 is 1.66. The van der Waals surface area contributed by atoms with Gasteiger partial charge in [0.2, 0.25) is 11.7 Å². The second-order valence-electron chi connectivity index (χ2n) is 8.59. The molecule has 0 fully saturated rings. The first-order chi connectivity index (χ1) is 17.4. The number of aryl methyl sites for hydroxylation is 2. The van der Waals surface area contributed by atoms with Crippen molar-refractivity contribution >= 4 is 45.0 Å². The Morgan fingerprint density at radius 3 is 2.53 bits per heavy atom. The number of fused-ring (bicyclic) bond motifs is 1. The summed E-state index contributed by atoms with van der Waals surface area (Å²) in [7, 11) is 1.78. The Labute approximate surface area is 213 Å². The SMILES string of the molecule is Cc1ccc2sc(-c3ccc(NC(=O)Cc4ccc(/C=C/C(=O)c5nccn5C)cc4)cc3)nc2c1. The Kier molecular flexibility index (Phi) is 6.56. The van der Waals surface area contributed by atoms with Crippen molar-refractivity contribution in [2.45, 2.75) is 13.3 Å². The van der Waals surface area contributed by atoms with Crippen LogP contribution in [-0.2, 0) is 18.3 Å². The summed E-state index contributed by atoms with van der Waals surface area (Å²) in [4.78, 5) is 33.6. The maximum Gasteiger partial charge on any atom is 0.228 e. The maximum absolute atomic E-state index is 12.6. The van der Waals surface area contributed by atoms with Crippen molar-refractivity contribution in [3.8, 4) is 10.6 Å². The summed E-state index contributed by atoms with van der Waals surface area (Å²) in [5.74, 6) is 0.143. The van der Waals surface area contributed by atoms with Gasteiger partial charge in [-0.05, 0) is 66.1 Å². The quantitative estimate of drug-likeness (QED) is 0.221. The number of amides is 1. The fourth-order valence-corrected chi connectivity index (χ4v) is 4.80. The number of benzene rings is 3. The molecule has 0 aliphatic heterocycles. The molecule has 0 aliphatic rings. The topological polar surface area (TPSA) is 76.9 Å². The smallest absolute Gasteiger partial charge is 0.228 e. The summed E-state index contributed by atoms with van der Waals surface area (Å²) in [6.07, 6.45) is 6.84. The number of anilines is 1. The highest BCUT2D eigenvalue weighted by Crippen LogP contribution is 2.31. The Morgan fingerprint density at radius 2 is 1.81 bits per heavy atom. The molecule has 1 amide bonds. The first-order valence-corrected chi connectivity index (χ1v) is 12.3. The van der Waals surface area contributed by atoms with Crippen LogP contribution in [0, 0.1) is 6.92 Å². The van der Waals surface area contributed by atoms with Gasteiger partial charge < -0.3 is 9.88 Å². The van der Waals surface area contributed by atoms with E-state index in [1.54, 1.807) is 41.4 Å². The lowest BCUT2D eigenvalue weighted by Gasteiger charge is -2.06. The molecule has 0 saturated heterocycles. The van der Waals surface area contributed by atoms with Crippen molar-refractivity contribution in [1.82, 2.24) is 14.5 Å². The zero-order valence-corrected chi connectivity index (χ0v) is 20.8. The van der Waals surface area contributed by atoms with Gasteiger partial charge in [0, 0.05) is 30.7 Å². The lowest BCUT2D eigenvalue weighted by atomic mass is 10.1. The summed E-state index contributed by atoms with van der Waals surface area (Å²) in [5, 5.41) is 3.92. The normalized spacial score (nSPS) is 11.3. The number of aromatic nitrogens is 3. The molecule has 2 heterocycles. The minimum absolute atomic E-state index is 0.0912. The Balaban J connectivity index is 1.18. The summed E-state index contributed by atoms with van der Waals surface area (Å²) in [5.41, 5.74) is 5.74. The van der Waals surface area contributed by atoms with Crippen LogP contribution in [-0.4, -0.2) is 26.2 Å². The van der Waals surface area contributed by atoms with Crippen molar-refractivity contribution in [1.29, 1.82) is 0 Å². The number of hydrogen-bond donors (Lipinski definition) is 1. The minimum Gasteiger partial charge on any atom is -0.331 e.